The summed E-state index contributed by atoms with van der Waals surface area (Å²) in [5.41, 5.74) is 2.28. The van der Waals surface area contributed by atoms with Gasteiger partial charge >= 0.3 is 6.09 Å². The van der Waals surface area contributed by atoms with Gasteiger partial charge in [-0.2, -0.15) is 0 Å². The Morgan fingerprint density at radius 2 is 1.82 bits per heavy atom. The molecule has 5 nitrogen and oxygen atoms in total. The van der Waals surface area contributed by atoms with Crippen molar-refractivity contribution >= 4 is 11.8 Å². The summed E-state index contributed by atoms with van der Waals surface area (Å²) in [4.78, 5) is 12.1. The molecule has 0 radical (unpaired) electrons. The van der Waals surface area contributed by atoms with Crippen LogP contribution in [0.5, 0.6) is 11.5 Å². The first-order chi connectivity index (χ1) is 7.93. The molecule has 5 heteroatoms. The highest BCUT2D eigenvalue weighted by atomic mass is 16.5. The van der Waals surface area contributed by atoms with Gasteiger partial charge in [-0.3, -0.25) is 4.90 Å². The zero-order valence-electron chi connectivity index (χ0n) is 10.7. The highest BCUT2D eigenvalue weighted by molar-refractivity contribution is 5.89. The summed E-state index contributed by atoms with van der Waals surface area (Å²) in [6, 6.07) is 1.66. The van der Waals surface area contributed by atoms with Gasteiger partial charge in [-0.05, 0) is 25.0 Å². The smallest absolute Gasteiger partial charge is 0.411 e. The number of rotatable bonds is 3. The second-order valence-electron chi connectivity index (χ2n) is 3.72. The quantitative estimate of drug-likeness (QED) is 0.880. The minimum absolute atomic E-state index is 0.472. The van der Waals surface area contributed by atoms with Crippen LogP contribution in [-0.4, -0.2) is 32.5 Å². The highest BCUT2D eigenvalue weighted by Gasteiger charge is 2.19. The van der Waals surface area contributed by atoms with Crippen LogP contribution in [0.1, 0.15) is 11.1 Å². The minimum Gasteiger partial charge on any atom is -0.496 e. The van der Waals surface area contributed by atoms with Crippen LogP contribution in [0.4, 0.5) is 10.5 Å². The van der Waals surface area contributed by atoms with Crippen molar-refractivity contribution in [3.8, 4) is 11.5 Å². The summed E-state index contributed by atoms with van der Waals surface area (Å²) in [6.45, 7) is 3.77. The van der Waals surface area contributed by atoms with Gasteiger partial charge in [-0.15, -0.1) is 0 Å². The zero-order chi connectivity index (χ0) is 13.2. The molecule has 0 saturated carbocycles. The number of hydrogen-bond acceptors (Lipinski definition) is 3. The predicted octanol–water partition coefficient (Wildman–Crippen LogP) is 2.43. The van der Waals surface area contributed by atoms with E-state index < -0.39 is 6.09 Å². The third-order valence-electron chi connectivity index (χ3n) is 2.85. The Morgan fingerprint density at radius 1 is 1.24 bits per heavy atom. The molecule has 1 aromatic rings. The number of carbonyl (C=O) groups is 1. The summed E-state index contributed by atoms with van der Waals surface area (Å²) < 4.78 is 10.5. The Balaban J connectivity index is 3.47. The standard InChI is InChI=1S/C12H17NO4/c1-7-8(2)11(17-5)9(6-10(7)16-4)13(3)12(14)15/h6H,1-5H3,(H,14,15). The Labute approximate surface area is 101 Å². The van der Waals surface area contributed by atoms with Gasteiger partial charge in [0.2, 0.25) is 0 Å². The molecular weight excluding hydrogens is 222 g/mol. The van der Waals surface area contributed by atoms with Crippen LogP contribution < -0.4 is 14.4 Å². The van der Waals surface area contributed by atoms with Gasteiger partial charge in [0.15, 0.2) is 0 Å². The third kappa shape index (κ3) is 2.27. The number of anilines is 1. The summed E-state index contributed by atoms with van der Waals surface area (Å²) in [5, 5.41) is 9.01. The highest BCUT2D eigenvalue weighted by Crippen LogP contribution is 2.38. The van der Waals surface area contributed by atoms with Crippen molar-refractivity contribution in [3.63, 3.8) is 0 Å². The fourth-order valence-corrected chi connectivity index (χ4v) is 1.67. The molecular formula is C12H17NO4. The van der Waals surface area contributed by atoms with Crippen LogP contribution in [0, 0.1) is 13.8 Å². The monoisotopic (exact) mass is 239 g/mol. The van der Waals surface area contributed by atoms with Crippen LogP contribution in [0.2, 0.25) is 0 Å². The molecule has 0 aliphatic carbocycles. The van der Waals surface area contributed by atoms with Gasteiger partial charge < -0.3 is 14.6 Å². The summed E-state index contributed by atoms with van der Waals surface area (Å²) in [5.74, 6) is 1.19. The molecule has 1 amide bonds. The van der Waals surface area contributed by atoms with Gasteiger partial charge in [0.1, 0.15) is 11.5 Å². The van der Waals surface area contributed by atoms with E-state index in [0.717, 1.165) is 16.0 Å². The van der Waals surface area contributed by atoms with E-state index in [0.29, 0.717) is 17.2 Å². The topological polar surface area (TPSA) is 59.0 Å². The molecule has 17 heavy (non-hydrogen) atoms. The number of carboxylic acid groups (broad SMARTS) is 1. The average molecular weight is 239 g/mol. The minimum atomic E-state index is -1.05. The molecule has 0 saturated heterocycles. The number of ether oxygens (including phenoxy) is 2. The molecule has 1 aromatic carbocycles. The maximum atomic E-state index is 11.0. The molecule has 0 aromatic heterocycles. The lowest BCUT2D eigenvalue weighted by Gasteiger charge is -2.21. The second-order valence-corrected chi connectivity index (χ2v) is 3.72. The summed E-state index contributed by atoms with van der Waals surface area (Å²) in [6.07, 6.45) is -1.05. The van der Waals surface area contributed by atoms with E-state index in [-0.39, 0.29) is 0 Å². The zero-order valence-corrected chi connectivity index (χ0v) is 10.7. The number of nitrogens with zero attached hydrogens (tertiary/aromatic N) is 1. The van der Waals surface area contributed by atoms with Gasteiger partial charge in [-0.25, -0.2) is 4.79 Å². The number of amides is 1. The van der Waals surface area contributed by atoms with Crippen molar-refractivity contribution in [1.29, 1.82) is 0 Å². The van der Waals surface area contributed by atoms with Gasteiger partial charge in [-0.1, -0.05) is 0 Å². The van der Waals surface area contributed by atoms with E-state index in [9.17, 15) is 4.79 Å². The van der Waals surface area contributed by atoms with Gasteiger partial charge in [0, 0.05) is 13.1 Å². The van der Waals surface area contributed by atoms with E-state index in [2.05, 4.69) is 0 Å². The van der Waals surface area contributed by atoms with E-state index in [4.69, 9.17) is 14.6 Å². The Bertz CT molecular complexity index is 443. The van der Waals surface area contributed by atoms with E-state index in [1.54, 1.807) is 13.2 Å². The first-order valence-electron chi connectivity index (χ1n) is 5.12. The first-order valence-corrected chi connectivity index (χ1v) is 5.12. The van der Waals surface area contributed by atoms with Crippen LogP contribution >= 0.6 is 0 Å². The number of hydrogen-bond donors (Lipinski definition) is 1. The Morgan fingerprint density at radius 3 is 2.24 bits per heavy atom. The fourth-order valence-electron chi connectivity index (χ4n) is 1.67. The third-order valence-corrected chi connectivity index (χ3v) is 2.85. The number of methoxy groups -OCH3 is 2. The van der Waals surface area contributed by atoms with Crippen molar-refractivity contribution in [3.05, 3.63) is 17.2 Å². The molecule has 0 aliphatic heterocycles. The van der Waals surface area contributed by atoms with Gasteiger partial charge in [0.05, 0.1) is 19.9 Å². The Kier molecular flexibility index (Phi) is 3.83. The molecule has 0 atom stereocenters. The molecule has 0 unspecified atom stereocenters. The van der Waals surface area contributed by atoms with Crippen molar-refractivity contribution in [2.24, 2.45) is 0 Å². The maximum absolute atomic E-state index is 11.0. The normalized spacial score (nSPS) is 9.94. The molecule has 1 N–H and O–H groups in total. The lowest BCUT2D eigenvalue weighted by molar-refractivity contribution is 0.203. The second kappa shape index (κ2) is 4.95. The van der Waals surface area contributed by atoms with Crippen molar-refractivity contribution < 1.29 is 19.4 Å². The summed E-state index contributed by atoms with van der Waals surface area (Å²) in [7, 11) is 4.54. The van der Waals surface area contributed by atoms with Gasteiger partial charge in [0.25, 0.3) is 0 Å². The SMILES string of the molecule is COc1cc(N(C)C(=O)O)c(OC)c(C)c1C. The maximum Gasteiger partial charge on any atom is 0.411 e. The molecule has 1 rings (SSSR count). The molecule has 94 valence electrons. The van der Waals surface area contributed by atoms with Crippen LogP contribution in [0.25, 0.3) is 0 Å². The lowest BCUT2D eigenvalue weighted by atomic mass is 10.1. The fraction of sp³-hybridized carbons (Fsp3) is 0.417. The van der Waals surface area contributed by atoms with Crippen molar-refractivity contribution in [2.75, 3.05) is 26.2 Å². The van der Waals surface area contributed by atoms with E-state index in [1.165, 1.54) is 14.2 Å². The molecule has 0 spiro atoms. The number of benzene rings is 1. The molecule has 0 aliphatic rings. The van der Waals surface area contributed by atoms with Crippen LogP contribution in [0.3, 0.4) is 0 Å². The average Bonchev–Trinajstić information content (AvgIpc) is 2.31. The first kappa shape index (κ1) is 13.2. The molecule has 0 bridgehead atoms. The Hall–Kier alpha value is -1.91. The van der Waals surface area contributed by atoms with Crippen LogP contribution in [-0.2, 0) is 0 Å². The van der Waals surface area contributed by atoms with Crippen molar-refractivity contribution in [2.45, 2.75) is 13.8 Å². The van der Waals surface area contributed by atoms with Crippen molar-refractivity contribution in [1.82, 2.24) is 0 Å². The summed E-state index contributed by atoms with van der Waals surface area (Å²) >= 11 is 0. The predicted molar refractivity (Wildman–Crippen MR) is 65.4 cm³/mol. The van der Waals surface area contributed by atoms with E-state index >= 15 is 0 Å². The van der Waals surface area contributed by atoms with Crippen LogP contribution in [0.15, 0.2) is 6.07 Å². The largest absolute Gasteiger partial charge is 0.496 e. The lowest BCUT2D eigenvalue weighted by Crippen LogP contribution is -2.24. The molecule has 0 heterocycles. The molecule has 0 fully saturated rings. The van der Waals surface area contributed by atoms with E-state index in [1.807, 2.05) is 13.8 Å².